The van der Waals surface area contributed by atoms with Gasteiger partial charge in [-0.2, -0.15) is 13.2 Å². The highest BCUT2D eigenvalue weighted by atomic mass is 19.4. The average molecular weight is 125 g/mol. The van der Waals surface area contributed by atoms with E-state index in [2.05, 4.69) is 4.74 Å². The van der Waals surface area contributed by atoms with Crippen molar-refractivity contribution < 1.29 is 17.9 Å². The minimum absolute atomic E-state index is 0.00347. The summed E-state index contributed by atoms with van der Waals surface area (Å²) in [5, 5.41) is 0. The third-order valence-corrected chi connectivity index (χ3v) is 0.936. The third-order valence-electron chi connectivity index (χ3n) is 0.936. The van der Waals surface area contributed by atoms with Crippen molar-refractivity contribution in [1.29, 1.82) is 0 Å². The molecule has 1 unspecified atom stereocenters. The fourth-order valence-electron chi connectivity index (χ4n) is 0.403. The molecule has 0 aromatic rings. The highest BCUT2D eigenvalue weighted by molar-refractivity contribution is 4.81. The largest absolute Gasteiger partial charge is 0.414 e. The molecule has 0 bridgehead atoms. The van der Waals surface area contributed by atoms with E-state index in [0.29, 0.717) is 0 Å². The van der Waals surface area contributed by atoms with Crippen LogP contribution in [0.5, 0.6) is 0 Å². The molecule has 1 heterocycles. The topological polar surface area (TPSA) is 9.23 Å². The van der Waals surface area contributed by atoms with Crippen LogP contribution in [-0.2, 0) is 4.74 Å². The van der Waals surface area contributed by atoms with E-state index in [-0.39, 0.29) is 6.42 Å². The Bertz CT molecular complexity index is 83.8. The smallest absolute Gasteiger partial charge is 0.363 e. The molecule has 0 amide bonds. The van der Waals surface area contributed by atoms with Crippen molar-refractivity contribution in [3.05, 3.63) is 6.61 Å². The van der Waals surface area contributed by atoms with Crippen LogP contribution in [0.2, 0.25) is 0 Å². The Hall–Kier alpha value is -0.250. The molecule has 1 nitrogen and oxygen atoms in total. The predicted molar refractivity (Wildman–Crippen MR) is 19.8 cm³/mol. The molecule has 0 saturated carbocycles. The molecule has 0 N–H and O–H groups in total. The van der Waals surface area contributed by atoms with Gasteiger partial charge in [0.05, 0.1) is 6.61 Å². The summed E-state index contributed by atoms with van der Waals surface area (Å²) in [4.78, 5) is 0. The molecule has 1 aliphatic heterocycles. The minimum atomic E-state index is -4.16. The first kappa shape index (κ1) is 5.88. The number of halogens is 3. The van der Waals surface area contributed by atoms with Gasteiger partial charge in [0, 0.05) is 6.42 Å². The second-order valence-electron chi connectivity index (χ2n) is 1.57. The summed E-state index contributed by atoms with van der Waals surface area (Å²) < 4.78 is 38.1. The molecule has 1 saturated heterocycles. The van der Waals surface area contributed by atoms with Crippen molar-refractivity contribution in [2.45, 2.75) is 18.7 Å². The summed E-state index contributed by atoms with van der Waals surface area (Å²) in [6.07, 6.45) is -5.68. The lowest BCUT2D eigenvalue weighted by molar-refractivity contribution is -0.241. The summed E-state index contributed by atoms with van der Waals surface area (Å²) in [5.74, 6) is 0. The van der Waals surface area contributed by atoms with Gasteiger partial charge < -0.3 is 4.74 Å². The molecule has 1 rings (SSSR count). The second-order valence-corrected chi connectivity index (χ2v) is 1.57. The average Bonchev–Trinajstić information content (AvgIpc) is 1.16. The Labute approximate surface area is 44.4 Å². The molecule has 47 valence electrons. The van der Waals surface area contributed by atoms with Crippen LogP contribution in [0.3, 0.4) is 0 Å². The van der Waals surface area contributed by atoms with Gasteiger partial charge in [-0.25, -0.2) is 0 Å². The van der Waals surface area contributed by atoms with Crippen molar-refractivity contribution in [1.82, 2.24) is 0 Å². The van der Waals surface area contributed by atoms with Crippen LogP contribution in [0.25, 0.3) is 0 Å². The molecule has 1 atom stereocenters. The fraction of sp³-hybridized carbons (Fsp3) is 0.750. The van der Waals surface area contributed by atoms with E-state index in [1.54, 1.807) is 0 Å². The standard InChI is InChI=1S/C4H4F3O/c5-4(6,7)3-1-2-8-3/h2-3H,1H2. The van der Waals surface area contributed by atoms with Crippen molar-refractivity contribution >= 4 is 0 Å². The van der Waals surface area contributed by atoms with Crippen LogP contribution in [0.1, 0.15) is 6.42 Å². The Balaban J connectivity index is 2.34. The van der Waals surface area contributed by atoms with Gasteiger partial charge in [-0.15, -0.1) is 0 Å². The fourth-order valence-corrected chi connectivity index (χ4v) is 0.403. The van der Waals surface area contributed by atoms with Gasteiger partial charge in [0.15, 0.2) is 6.10 Å². The van der Waals surface area contributed by atoms with Gasteiger partial charge >= 0.3 is 6.18 Å². The lowest BCUT2D eigenvalue weighted by Gasteiger charge is -2.27. The molecule has 1 radical (unpaired) electrons. The van der Waals surface area contributed by atoms with Gasteiger partial charge in [-0.3, -0.25) is 0 Å². The van der Waals surface area contributed by atoms with E-state index in [1.165, 1.54) is 0 Å². The Kier molecular flexibility index (Phi) is 1.19. The molecule has 1 fully saturated rings. The normalized spacial score (nSPS) is 29.6. The van der Waals surface area contributed by atoms with Gasteiger partial charge in [0.1, 0.15) is 0 Å². The minimum Gasteiger partial charge on any atom is -0.363 e. The zero-order valence-electron chi connectivity index (χ0n) is 3.90. The van der Waals surface area contributed by atoms with E-state index in [9.17, 15) is 13.2 Å². The molecule has 1 aliphatic rings. The number of alkyl halides is 3. The van der Waals surface area contributed by atoms with Crippen molar-refractivity contribution in [3.8, 4) is 0 Å². The van der Waals surface area contributed by atoms with Gasteiger partial charge in [0.2, 0.25) is 0 Å². The van der Waals surface area contributed by atoms with E-state index in [1.807, 2.05) is 0 Å². The number of ether oxygens (including phenoxy) is 1. The van der Waals surface area contributed by atoms with Crippen LogP contribution in [0.15, 0.2) is 0 Å². The molecule has 0 spiro atoms. The SMILES string of the molecule is FC(F)(F)C1C[CH]O1. The Morgan fingerprint density at radius 1 is 1.50 bits per heavy atom. The number of hydrogen-bond donors (Lipinski definition) is 0. The quantitative estimate of drug-likeness (QED) is 0.476. The monoisotopic (exact) mass is 125 g/mol. The Morgan fingerprint density at radius 3 is 2.00 bits per heavy atom. The second kappa shape index (κ2) is 1.62. The van der Waals surface area contributed by atoms with Crippen LogP contribution < -0.4 is 0 Å². The molecular formula is C4H4F3O. The molecular weight excluding hydrogens is 121 g/mol. The van der Waals surface area contributed by atoms with Gasteiger partial charge in [-0.05, 0) is 0 Å². The highest BCUT2D eigenvalue weighted by Gasteiger charge is 2.44. The van der Waals surface area contributed by atoms with E-state index >= 15 is 0 Å². The summed E-state index contributed by atoms with van der Waals surface area (Å²) in [7, 11) is 0. The lowest BCUT2D eigenvalue weighted by atomic mass is 10.2. The molecule has 0 aromatic carbocycles. The van der Waals surface area contributed by atoms with Crippen LogP contribution in [0.4, 0.5) is 13.2 Å². The van der Waals surface area contributed by atoms with E-state index < -0.39 is 12.3 Å². The summed E-state index contributed by atoms with van der Waals surface area (Å²) in [5.41, 5.74) is 0. The lowest BCUT2D eigenvalue weighted by Crippen LogP contribution is -2.37. The number of rotatable bonds is 0. The maximum absolute atomic E-state index is 11.4. The third kappa shape index (κ3) is 0.940. The van der Waals surface area contributed by atoms with E-state index in [0.717, 1.165) is 6.61 Å². The van der Waals surface area contributed by atoms with E-state index in [4.69, 9.17) is 0 Å². The summed E-state index contributed by atoms with van der Waals surface area (Å²) in [6, 6.07) is 0. The van der Waals surface area contributed by atoms with Gasteiger partial charge in [0.25, 0.3) is 0 Å². The molecule has 0 aromatic heterocycles. The van der Waals surface area contributed by atoms with Gasteiger partial charge in [-0.1, -0.05) is 0 Å². The summed E-state index contributed by atoms with van der Waals surface area (Å²) in [6.45, 7) is 1.15. The van der Waals surface area contributed by atoms with Crippen LogP contribution in [0, 0.1) is 6.61 Å². The predicted octanol–water partition coefficient (Wildman–Crippen LogP) is 1.50. The Morgan fingerprint density at radius 2 is 2.00 bits per heavy atom. The first-order chi connectivity index (χ1) is 3.61. The van der Waals surface area contributed by atoms with Crippen LogP contribution >= 0.6 is 0 Å². The van der Waals surface area contributed by atoms with Crippen molar-refractivity contribution in [2.24, 2.45) is 0 Å². The van der Waals surface area contributed by atoms with Crippen molar-refractivity contribution in [3.63, 3.8) is 0 Å². The summed E-state index contributed by atoms with van der Waals surface area (Å²) >= 11 is 0. The first-order valence-electron chi connectivity index (χ1n) is 2.14. The van der Waals surface area contributed by atoms with Crippen LogP contribution in [-0.4, -0.2) is 12.3 Å². The molecule has 0 aliphatic carbocycles. The first-order valence-corrected chi connectivity index (χ1v) is 2.14. The molecule has 4 heteroatoms. The number of hydrogen-bond acceptors (Lipinski definition) is 1. The zero-order valence-corrected chi connectivity index (χ0v) is 3.90. The van der Waals surface area contributed by atoms with Crippen molar-refractivity contribution in [2.75, 3.05) is 0 Å². The highest BCUT2D eigenvalue weighted by Crippen LogP contribution is 2.32. The maximum atomic E-state index is 11.4. The maximum Gasteiger partial charge on any atom is 0.414 e. The molecule has 8 heavy (non-hydrogen) atoms. The zero-order chi connectivity index (χ0) is 6.20.